The van der Waals surface area contributed by atoms with Crippen molar-refractivity contribution in [2.45, 2.75) is 20.0 Å². The molecule has 0 aliphatic heterocycles. The first-order valence-corrected chi connectivity index (χ1v) is 8.24. The van der Waals surface area contributed by atoms with Crippen LogP contribution in [0.15, 0.2) is 48.5 Å². The molecule has 0 heterocycles. The van der Waals surface area contributed by atoms with Gasteiger partial charge < -0.3 is 19.1 Å². The van der Waals surface area contributed by atoms with E-state index in [-0.39, 0.29) is 5.91 Å². The second kappa shape index (κ2) is 8.97. The van der Waals surface area contributed by atoms with Crippen LogP contribution in [-0.2, 0) is 4.79 Å². The third kappa shape index (κ3) is 5.71. The number of nitrogens with zero attached hydrogens (tertiary/aromatic N) is 1. The highest BCUT2D eigenvalue weighted by Gasteiger charge is 2.19. The van der Waals surface area contributed by atoms with Crippen LogP contribution in [-0.4, -0.2) is 44.2 Å². The molecule has 2 aromatic carbocycles. The van der Waals surface area contributed by atoms with E-state index in [1.807, 2.05) is 55.5 Å². The minimum atomic E-state index is -0.548. The van der Waals surface area contributed by atoms with Gasteiger partial charge in [0.1, 0.15) is 23.9 Å². The molecule has 2 rings (SSSR count). The maximum Gasteiger partial charge on any atom is 0.263 e. The number of carbonyl (C=O) groups excluding carboxylic acids is 1. The van der Waals surface area contributed by atoms with Crippen LogP contribution < -0.4 is 14.2 Å². The molecular formula is C20H25NO4. The Morgan fingerprint density at radius 2 is 1.56 bits per heavy atom. The Balaban J connectivity index is 1.77. The highest BCUT2D eigenvalue weighted by Crippen LogP contribution is 2.17. The van der Waals surface area contributed by atoms with E-state index in [0.717, 1.165) is 17.1 Å². The Morgan fingerprint density at radius 1 is 1.00 bits per heavy atom. The SMILES string of the molecule is COc1ccc(OCCN(C)C(=O)C(C)Oc2ccc(C)cc2)cc1. The fourth-order valence-corrected chi connectivity index (χ4v) is 2.26. The lowest BCUT2D eigenvalue weighted by atomic mass is 10.2. The lowest BCUT2D eigenvalue weighted by Crippen LogP contribution is -2.39. The van der Waals surface area contributed by atoms with Crippen molar-refractivity contribution in [3.63, 3.8) is 0 Å². The lowest BCUT2D eigenvalue weighted by Gasteiger charge is -2.22. The smallest absolute Gasteiger partial charge is 0.263 e. The number of methoxy groups -OCH3 is 1. The number of rotatable bonds is 8. The van der Waals surface area contributed by atoms with Gasteiger partial charge in [0.25, 0.3) is 5.91 Å². The second-order valence-electron chi connectivity index (χ2n) is 5.86. The van der Waals surface area contributed by atoms with E-state index in [0.29, 0.717) is 18.9 Å². The molecule has 0 bridgehead atoms. The zero-order valence-electron chi connectivity index (χ0n) is 15.2. The first kappa shape index (κ1) is 18.6. The first-order valence-electron chi connectivity index (χ1n) is 8.24. The van der Waals surface area contributed by atoms with Crippen molar-refractivity contribution < 1.29 is 19.0 Å². The highest BCUT2D eigenvalue weighted by atomic mass is 16.5. The van der Waals surface area contributed by atoms with Crippen LogP contribution in [0.2, 0.25) is 0 Å². The van der Waals surface area contributed by atoms with Gasteiger partial charge in [-0.15, -0.1) is 0 Å². The molecule has 134 valence electrons. The molecule has 0 aliphatic carbocycles. The standard InChI is InChI=1S/C20H25NO4/c1-15-5-7-19(8-6-15)25-16(2)20(22)21(3)13-14-24-18-11-9-17(23-4)10-12-18/h5-12,16H,13-14H2,1-4H3. The molecule has 0 saturated carbocycles. The average molecular weight is 343 g/mol. The summed E-state index contributed by atoms with van der Waals surface area (Å²) in [6.45, 7) is 4.65. The molecule has 0 radical (unpaired) electrons. The molecule has 2 aromatic rings. The summed E-state index contributed by atoms with van der Waals surface area (Å²) in [5.74, 6) is 2.13. The molecule has 5 nitrogen and oxygen atoms in total. The molecule has 1 atom stereocenters. The van der Waals surface area contributed by atoms with E-state index in [9.17, 15) is 4.79 Å². The van der Waals surface area contributed by atoms with Crippen LogP contribution in [0.3, 0.4) is 0 Å². The van der Waals surface area contributed by atoms with E-state index >= 15 is 0 Å². The summed E-state index contributed by atoms with van der Waals surface area (Å²) in [5.41, 5.74) is 1.15. The van der Waals surface area contributed by atoms with Gasteiger partial charge in [-0.25, -0.2) is 0 Å². The molecule has 0 saturated heterocycles. The van der Waals surface area contributed by atoms with Crippen molar-refractivity contribution >= 4 is 5.91 Å². The molecule has 0 aromatic heterocycles. The fraction of sp³-hybridized carbons (Fsp3) is 0.350. The van der Waals surface area contributed by atoms with E-state index in [2.05, 4.69) is 0 Å². The summed E-state index contributed by atoms with van der Waals surface area (Å²) >= 11 is 0. The third-order valence-corrected chi connectivity index (χ3v) is 3.81. The molecule has 1 amide bonds. The van der Waals surface area contributed by atoms with Crippen LogP contribution in [0.5, 0.6) is 17.2 Å². The molecule has 0 N–H and O–H groups in total. The predicted molar refractivity (Wildman–Crippen MR) is 97.4 cm³/mol. The van der Waals surface area contributed by atoms with Crippen molar-refractivity contribution in [3.8, 4) is 17.2 Å². The third-order valence-electron chi connectivity index (χ3n) is 3.81. The Kier molecular flexibility index (Phi) is 6.69. The topological polar surface area (TPSA) is 48.0 Å². The summed E-state index contributed by atoms with van der Waals surface area (Å²) in [4.78, 5) is 14.0. The minimum absolute atomic E-state index is 0.0843. The van der Waals surface area contributed by atoms with Crippen molar-refractivity contribution in [1.82, 2.24) is 4.90 Å². The number of likely N-dealkylation sites (N-methyl/N-ethyl adjacent to an activating group) is 1. The summed E-state index contributed by atoms with van der Waals surface area (Å²) in [7, 11) is 3.37. The van der Waals surface area contributed by atoms with Gasteiger partial charge in [-0.2, -0.15) is 0 Å². The van der Waals surface area contributed by atoms with Gasteiger partial charge in [-0.1, -0.05) is 17.7 Å². The molecule has 1 unspecified atom stereocenters. The summed E-state index contributed by atoms with van der Waals surface area (Å²) in [6, 6.07) is 15.0. The van der Waals surface area contributed by atoms with Crippen LogP contribution >= 0.6 is 0 Å². The Hall–Kier alpha value is -2.69. The van der Waals surface area contributed by atoms with Gasteiger partial charge in [0, 0.05) is 7.05 Å². The molecule has 5 heteroatoms. The van der Waals surface area contributed by atoms with Crippen molar-refractivity contribution in [3.05, 3.63) is 54.1 Å². The van der Waals surface area contributed by atoms with Crippen LogP contribution in [0.4, 0.5) is 0 Å². The molecule has 0 fully saturated rings. The van der Waals surface area contributed by atoms with Gasteiger partial charge in [-0.05, 0) is 50.2 Å². The molecule has 0 aliphatic rings. The maximum atomic E-state index is 12.4. The quantitative estimate of drug-likeness (QED) is 0.738. The number of carbonyl (C=O) groups is 1. The predicted octanol–water partition coefficient (Wildman–Crippen LogP) is 3.31. The molecule has 0 spiro atoms. The normalized spacial score (nSPS) is 11.5. The number of ether oxygens (including phenoxy) is 3. The van der Waals surface area contributed by atoms with E-state index in [1.165, 1.54) is 0 Å². The number of aryl methyl sites for hydroxylation is 1. The monoisotopic (exact) mass is 343 g/mol. The maximum absolute atomic E-state index is 12.4. The molecular weight excluding hydrogens is 318 g/mol. The summed E-state index contributed by atoms with van der Waals surface area (Å²) in [6.07, 6.45) is -0.548. The highest BCUT2D eigenvalue weighted by molar-refractivity contribution is 5.80. The molecule has 25 heavy (non-hydrogen) atoms. The second-order valence-corrected chi connectivity index (χ2v) is 5.86. The van der Waals surface area contributed by atoms with Gasteiger partial charge in [-0.3, -0.25) is 4.79 Å². The van der Waals surface area contributed by atoms with E-state index in [4.69, 9.17) is 14.2 Å². The Bertz CT molecular complexity index is 667. The van der Waals surface area contributed by atoms with Crippen LogP contribution in [0.1, 0.15) is 12.5 Å². The number of hydrogen-bond acceptors (Lipinski definition) is 4. The summed E-state index contributed by atoms with van der Waals surface area (Å²) in [5, 5.41) is 0. The average Bonchev–Trinajstić information content (AvgIpc) is 2.63. The zero-order valence-corrected chi connectivity index (χ0v) is 15.2. The van der Waals surface area contributed by atoms with Crippen molar-refractivity contribution in [2.75, 3.05) is 27.3 Å². The zero-order chi connectivity index (χ0) is 18.2. The largest absolute Gasteiger partial charge is 0.497 e. The van der Waals surface area contributed by atoms with Crippen molar-refractivity contribution in [1.29, 1.82) is 0 Å². The number of benzene rings is 2. The van der Waals surface area contributed by atoms with Gasteiger partial charge in [0.15, 0.2) is 6.10 Å². The van der Waals surface area contributed by atoms with E-state index in [1.54, 1.807) is 26.0 Å². The van der Waals surface area contributed by atoms with Gasteiger partial charge in [0.05, 0.1) is 13.7 Å². The fourth-order valence-electron chi connectivity index (χ4n) is 2.26. The lowest BCUT2D eigenvalue weighted by molar-refractivity contribution is -0.136. The Labute approximate surface area is 149 Å². The number of amides is 1. The summed E-state index contributed by atoms with van der Waals surface area (Å²) < 4.78 is 16.4. The first-order chi connectivity index (χ1) is 12.0. The van der Waals surface area contributed by atoms with Gasteiger partial charge in [0.2, 0.25) is 0 Å². The minimum Gasteiger partial charge on any atom is -0.497 e. The van der Waals surface area contributed by atoms with Crippen LogP contribution in [0.25, 0.3) is 0 Å². The number of hydrogen-bond donors (Lipinski definition) is 0. The Morgan fingerprint density at radius 3 is 2.16 bits per heavy atom. The van der Waals surface area contributed by atoms with Crippen molar-refractivity contribution in [2.24, 2.45) is 0 Å². The van der Waals surface area contributed by atoms with Gasteiger partial charge >= 0.3 is 0 Å². The van der Waals surface area contributed by atoms with E-state index < -0.39 is 6.10 Å². The van der Waals surface area contributed by atoms with Crippen LogP contribution in [0, 0.1) is 6.92 Å².